The molecule has 0 radical (unpaired) electrons. The number of fused-ring (bicyclic) bond motifs is 2. The van der Waals surface area contributed by atoms with E-state index >= 15 is 0 Å². The van der Waals surface area contributed by atoms with Crippen molar-refractivity contribution in [1.29, 1.82) is 0 Å². The van der Waals surface area contributed by atoms with E-state index in [1.807, 2.05) is 6.92 Å². The molecule has 4 rings (SSSR count). The number of hydrogen-bond donors (Lipinski definition) is 0. The lowest BCUT2D eigenvalue weighted by Crippen LogP contribution is -2.33. The van der Waals surface area contributed by atoms with Crippen LogP contribution in [0.5, 0.6) is 5.75 Å². The summed E-state index contributed by atoms with van der Waals surface area (Å²) in [7, 11) is 0. The number of ether oxygens (including phenoxy) is 1. The van der Waals surface area contributed by atoms with Gasteiger partial charge in [0.05, 0.1) is 0 Å². The van der Waals surface area contributed by atoms with Crippen LogP contribution < -0.4 is 15.3 Å². The van der Waals surface area contributed by atoms with Crippen LogP contribution in [0.3, 0.4) is 0 Å². The van der Waals surface area contributed by atoms with E-state index in [0.717, 1.165) is 40.8 Å². The third-order valence-corrected chi connectivity index (χ3v) is 5.69. The van der Waals surface area contributed by atoms with Crippen LogP contribution in [-0.2, 0) is 13.0 Å². The molecule has 146 valence electrons. The van der Waals surface area contributed by atoms with Gasteiger partial charge < -0.3 is 14.1 Å². The molecule has 0 spiro atoms. The van der Waals surface area contributed by atoms with Crippen LogP contribution >= 0.6 is 0 Å². The molecule has 0 unspecified atom stereocenters. The first-order valence-corrected chi connectivity index (χ1v) is 9.97. The van der Waals surface area contributed by atoms with Crippen LogP contribution in [0.15, 0.2) is 39.5 Å². The summed E-state index contributed by atoms with van der Waals surface area (Å²) in [6.07, 6.45) is 0.792. The van der Waals surface area contributed by atoms with Gasteiger partial charge in [-0.15, -0.1) is 0 Å². The van der Waals surface area contributed by atoms with E-state index in [9.17, 15) is 4.79 Å². The molecular formula is C24H27NO3. The molecule has 0 fully saturated rings. The predicted molar refractivity (Wildman–Crippen MR) is 114 cm³/mol. The first-order valence-electron chi connectivity index (χ1n) is 9.97. The second kappa shape index (κ2) is 7.01. The van der Waals surface area contributed by atoms with Crippen molar-refractivity contribution in [2.75, 3.05) is 11.6 Å². The van der Waals surface area contributed by atoms with Gasteiger partial charge in [0.15, 0.2) is 6.73 Å². The fourth-order valence-electron chi connectivity index (χ4n) is 4.30. The summed E-state index contributed by atoms with van der Waals surface area (Å²) < 4.78 is 11.7. The van der Waals surface area contributed by atoms with Crippen molar-refractivity contribution < 1.29 is 9.15 Å². The standard InChI is InChI=1S/C24H27NO3/c1-6-17-11-21(26)28-24-16(5)23-18(10-20(17)24)12-25(13-27-23)22-15(4)8-7-9-19(22)14(2)3/h7-11,14H,6,12-13H2,1-5H3. The van der Waals surface area contributed by atoms with Crippen LogP contribution in [0.1, 0.15) is 54.5 Å². The highest BCUT2D eigenvalue weighted by molar-refractivity contribution is 5.86. The quantitative estimate of drug-likeness (QED) is 0.569. The van der Waals surface area contributed by atoms with Gasteiger partial charge in [-0.2, -0.15) is 0 Å². The molecule has 2 heterocycles. The molecule has 1 aliphatic rings. The van der Waals surface area contributed by atoms with Gasteiger partial charge in [0.25, 0.3) is 0 Å². The van der Waals surface area contributed by atoms with Gasteiger partial charge in [-0.1, -0.05) is 39.0 Å². The van der Waals surface area contributed by atoms with Crippen molar-refractivity contribution in [3.05, 3.63) is 68.6 Å². The highest BCUT2D eigenvalue weighted by atomic mass is 16.5. The van der Waals surface area contributed by atoms with Crippen molar-refractivity contribution in [3.8, 4) is 5.75 Å². The molecule has 0 amide bonds. The van der Waals surface area contributed by atoms with Gasteiger partial charge in [0, 0.05) is 34.8 Å². The zero-order valence-corrected chi connectivity index (χ0v) is 17.3. The number of benzene rings is 2. The number of nitrogens with zero attached hydrogens (tertiary/aromatic N) is 1. The topological polar surface area (TPSA) is 42.7 Å². The third kappa shape index (κ3) is 2.97. The minimum absolute atomic E-state index is 0.300. The van der Waals surface area contributed by atoms with Gasteiger partial charge in [-0.05, 0) is 48.9 Å². The van der Waals surface area contributed by atoms with Gasteiger partial charge >= 0.3 is 5.63 Å². The molecular weight excluding hydrogens is 350 g/mol. The Hall–Kier alpha value is -2.75. The Labute approximate surface area is 165 Å². The average Bonchev–Trinajstić information content (AvgIpc) is 2.67. The number of hydrogen-bond acceptors (Lipinski definition) is 4. The van der Waals surface area contributed by atoms with Crippen molar-refractivity contribution in [1.82, 2.24) is 0 Å². The first kappa shape index (κ1) is 18.6. The minimum atomic E-state index is -0.300. The molecule has 0 saturated heterocycles. The van der Waals surface area contributed by atoms with E-state index in [1.165, 1.54) is 16.8 Å². The van der Waals surface area contributed by atoms with Crippen LogP contribution in [-0.4, -0.2) is 6.73 Å². The number of para-hydroxylation sites is 1. The van der Waals surface area contributed by atoms with Crippen LogP contribution in [0.2, 0.25) is 0 Å². The molecule has 0 saturated carbocycles. The predicted octanol–water partition coefficient (Wildman–Crippen LogP) is 5.45. The van der Waals surface area contributed by atoms with E-state index in [-0.39, 0.29) is 5.63 Å². The van der Waals surface area contributed by atoms with Crippen LogP contribution in [0.25, 0.3) is 11.0 Å². The number of rotatable bonds is 3. The molecule has 4 heteroatoms. The van der Waals surface area contributed by atoms with Gasteiger partial charge in [0.2, 0.25) is 0 Å². The van der Waals surface area contributed by atoms with Gasteiger partial charge in [-0.3, -0.25) is 0 Å². The average molecular weight is 377 g/mol. The van der Waals surface area contributed by atoms with E-state index in [4.69, 9.17) is 9.15 Å². The molecule has 1 aliphatic heterocycles. The smallest absolute Gasteiger partial charge is 0.336 e. The maximum atomic E-state index is 11.9. The fraction of sp³-hybridized carbons (Fsp3) is 0.375. The Bertz CT molecular complexity index is 1110. The Morgan fingerprint density at radius 3 is 2.68 bits per heavy atom. The highest BCUT2D eigenvalue weighted by Crippen LogP contribution is 2.39. The Balaban J connectivity index is 1.85. The zero-order chi connectivity index (χ0) is 20.0. The van der Waals surface area contributed by atoms with E-state index < -0.39 is 0 Å². The normalized spacial score (nSPS) is 13.7. The lowest BCUT2D eigenvalue weighted by molar-refractivity contribution is 0.286. The lowest BCUT2D eigenvalue weighted by Gasteiger charge is -2.35. The maximum absolute atomic E-state index is 11.9. The van der Waals surface area contributed by atoms with Crippen molar-refractivity contribution in [3.63, 3.8) is 0 Å². The van der Waals surface area contributed by atoms with Crippen LogP contribution in [0, 0.1) is 13.8 Å². The molecule has 28 heavy (non-hydrogen) atoms. The highest BCUT2D eigenvalue weighted by Gasteiger charge is 2.25. The SMILES string of the molecule is CCc1cc(=O)oc2c(C)c3c(cc12)CN(c1c(C)cccc1C(C)C)CO3. The summed E-state index contributed by atoms with van der Waals surface area (Å²) in [5.74, 6) is 1.29. The monoisotopic (exact) mass is 377 g/mol. The van der Waals surface area contributed by atoms with E-state index in [1.54, 1.807) is 6.07 Å². The summed E-state index contributed by atoms with van der Waals surface area (Å²) in [6, 6.07) is 10.2. The van der Waals surface area contributed by atoms with Gasteiger partial charge in [-0.25, -0.2) is 4.79 Å². The number of aryl methyl sites for hydroxylation is 3. The molecule has 3 aromatic rings. The van der Waals surface area contributed by atoms with E-state index in [0.29, 0.717) is 18.2 Å². The van der Waals surface area contributed by atoms with Crippen molar-refractivity contribution in [2.45, 2.75) is 53.5 Å². The number of anilines is 1. The summed E-state index contributed by atoms with van der Waals surface area (Å²) in [4.78, 5) is 14.3. The second-order valence-corrected chi connectivity index (χ2v) is 7.95. The summed E-state index contributed by atoms with van der Waals surface area (Å²) in [5, 5.41) is 1.01. The second-order valence-electron chi connectivity index (χ2n) is 7.95. The molecule has 0 atom stereocenters. The summed E-state index contributed by atoms with van der Waals surface area (Å²) >= 11 is 0. The first-order chi connectivity index (χ1) is 13.4. The molecule has 1 aromatic heterocycles. The Kier molecular flexibility index (Phi) is 4.66. The van der Waals surface area contributed by atoms with Crippen LogP contribution in [0.4, 0.5) is 5.69 Å². The summed E-state index contributed by atoms with van der Waals surface area (Å²) in [6.45, 7) is 11.9. The fourth-order valence-corrected chi connectivity index (χ4v) is 4.30. The Morgan fingerprint density at radius 1 is 1.18 bits per heavy atom. The molecule has 0 N–H and O–H groups in total. The van der Waals surface area contributed by atoms with Crippen molar-refractivity contribution >= 4 is 16.7 Å². The molecule has 0 bridgehead atoms. The largest absolute Gasteiger partial charge is 0.472 e. The Morgan fingerprint density at radius 2 is 1.96 bits per heavy atom. The summed E-state index contributed by atoms with van der Waals surface area (Å²) in [5.41, 5.74) is 7.28. The van der Waals surface area contributed by atoms with Gasteiger partial charge in [0.1, 0.15) is 11.3 Å². The third-order valence-electron chi connectivity index (χ3n) is 5.69. The molecule has 2 aromatic carbocycles. The maximum Gasteiger partial charge on any atom is 0.336 e. The zero-order valence-electron chi connectivity index (χ0n) is 17.3. The van der Waals surface area contributed by atoms with Crippen molar-refractivity contribution in [2.24, 2.45) is 0 Å². The molecule has 4 nitrogen and oxygen atoms in total. The minimum Gasteiger partial charge on any atom is -0.472 e. The lowest BCUT2D eigenvalue weighted by atomic mass is 9.96. The molecule has 0 aliphatic carbocycles. The van der Waals surface area contributed by atoms with E-state index in [2.05, 4.69) is 56.9 Å².